The molecule has 1 nitrogen and oxygen atoms in total. The Kier molecular flexibility index (Phi) is 4.42. The fraction of sp³-hybridized carbons (Fsp3) is 0.222. The van der Waals surface area contributed by atoms with Crippen molar-refractivity contribution in [3.8, 4) is 10.4 Å². The van der Waals surface area contributed by atoms with Crippen LogP contribution in [0.4, 0.5) is 5.69 Å². The van der Waals surface area contributed by atoms with Crippen molar-refractivity contribution in [1.29, 1.82) is 0 Å². The normalized spacial score (nSPS) is 12.5. The number of benzene rings is 1. The molecule has 1 atom stereocenters. The molecule has 1 N–H and O–H groups in total. The van der Waals surface area contributed by atoms with Crippen molar-refractivity contribution in [2.75, 3.05) is 5.32 Å². The summed E-state index contributed by atoms with van der Waals surface area (Å²) >= 11 is 3.61. The highest BCUT2D eigenvalue weighted by Gasteiger charge is 2.18. The van der Waals surface area contributed by atoms with Gasteiger partial charge in [-0.15, -0.1) is 22.7 Å². The van der Waals surface area contributed by atoms with Gasteiger partial charge < -0.3 is 5.32 Å². The highest BCUT2D eigenvalue weighted by Crippen LogP contribution is 2.36. The van der Waals surface area contributed by atoms with E-state index in [2.05, 4.69) is 78.5 Å². The van der Waals surface area contributed by atoms with Gasteiger partial charge in [0.2, 0.25) is 0 Å². The van der Waals surface area contributed by atoms with Crippen LogP contribution < -0.4 is 5.32 Å². The predicted octanol–water partition coefficient (Wildman–Crippen LogP) is 6.29. The Bertz CT molecular complexity index is 669. The molecule has 0 saturated heterocycles. The number of anilines is 1. The maximum Gasteiger partial charge on any atom is 0.0629 e. The van der Waals surface area contributed by atoms with E-state index in [4.69, 9.17) is 0 Å². The summed E-state index contributed by atoms with van der Waals surface area (Å²) in [7, 11) is 0. The first-order valence-corrected chi connectivity index (χ1v) is 8.94. The lowest BCUT2D eigenvalue weighted by molar-refractivity contribution is 0.554. The zero-order chi connectivity index (χ0) is 14.7. The summed E-state index contributed by atoms with van der Waals surface area (Å²) in [6.07, 6.45) is 0. The van der Waals surface area contributed by atoms with Crippen LogP contribution in [0.3, 0.4) is 0 Å². The second kappa shape index (κ2) is 6.46. The molecule has 21 heavy (non-hydrogen) atoms. The Hall–Kier alpha value is -1.58. The van der Waals surface area contributed by atoms with Gasteiger partial charge in [-0.05, 0) is 34.9 Å². The van der Waals surface area contributed by atoms with E-state index in [1.165, 1.54) is 21.0 Å². The molecule has 3 heteroatoms. The molecule has 3 rings (SSSR count). The molecule has 2 aromatic heterocycles. The van der Waals surface area contributed by atoms with Crippen molar-refractivity contribution in [3.05, 3.63) is 64.2 Å². The Morgan fingerprint density at radius 2 is 1.62 bits per heavy atom. The maximum atomic E-state index is 3.75. The van der Waals surface area contributed by atoms with Gasteiger partial charge in [-0.25, -0.2) is 0 Å². The molecule has 1 unspecified atom stereocenters. The van der Waals surface area contributed by atoms with Crippen molar-refractivity contribution in [2.24, 2.45) is 5.92 Å². The lowest BCUT2D eigenvalue weighted by Gasteiger charge is -2.24. The monoisotopic (exact) mass is 313 g/mol. The molecule has 0 fully saturated rings. The largest absolute Gasteiger partial charge is 0.377 e. The SMILES string of the molecule is CC(C)C(Nc1ccccc1-c1cccs1)c1cccs1. The van der Waals surface area contributed by atoms with Crippen LogP contribution in [0, 0.1) is 5.92 Å². The molecule has 0 amide bonds. The lowest BCUT2D eigenvalue weighted by atomic mass is 10.0. The van der Waals surface area contributed by atoms with E-state index in [1.54, 1.807) is 11.3 Å². The molecule has 0 spiro atoms. The van der Waals surface area contributed by atoms with E-state index in [0.29, 0.717) is 12.0 Å². The summed E-state index contributed by atoms with van der Waals surface area (Å²) in [6.45, 7) is 4.54. The van der Waals surface area contributed by atoms with Gasteiger partial charge >= 0.3 is 0 Å². The van der Waals surface area contributed by atoms with Crippen LogP contribution in [-0.4, -0.2) is 0 Å². The third-order valence-corrected chi connectivity index (χ3v) is 5.40. The van der Waals surface area contributed by atoms with Crippen molar-refractivity contribution in [3.63, 3.8) is 0 Å². The molecule has 2 heterocycles. The van der Waals surface area contributed by atoms with Crippen LogP contribution in [0.5, 0.6) is 0 Å². The summed E-state index contributed by atoms with van der Waals surface area (Å²) in [5, 5.41) is 8.04. The van der Waals surface area contributed by atoms with E-state index in [-0.39, 0.29) is 0 Å². The first kappa shape index (κ1) is 14.4. The molecular formula is C18H19NS2. The second-order valence-corrected chi connectivity index (χ2v) is 7.33. The molecule has 0 radical (unpaired) electrons. The molecular weight excluding hydrogens is 294 g/mol. The van der Waals surface area contributed by atoms with Crippen LogP contribution in [0.2, 0.25) is 0 Å². The average molecular weight is 313 g/mol. The van der Waals surface area contributed by atoms with Crippen LogP contribution in [-0.2, 0) is 0 Å². The van der Waals surface area contributed by atoms with Gasteiger partial charge in [0.25, 0.3) is 0 Å². The van der Waals surface area contributed by atoms with Gasteiger partial charge in [0.05, 0.1) is 6.04 Å². The highest BCUT2D eigenvalue weighted by atomic mass is 32.1. The third kappa shape index (κ3) is 3.20. The fourth-order valence-corrected chi connectivity index (χ4v) is 4.17. The van der Waals surface area contributed by atoms with Crippen molar-refractivity contribution in [2.45, 2.75) is 19.9 Å². The van der Waals surface area contributed by atoms with Gasteiger partial charge in [0.15, 0.2) is 0 Å². The number of hydrogen-bond acceptors (Lipinski definition) is 3. The zero-order valence-electron chi connectivity index (χ0n) is 12.2. The van der Waals surface area contributed by atoms with Crippen molar-refractivity contribution < 1.29 is 0 Å². The number of thiophene rings is 2. The molecule has 0 aliphatic heterocycles. The first-order chi connectivity index (χ1) is 10.3. The van der Waals surface area contributed by atoms with E-state index in [9.17, 15) is 0 Å². The predicted molar refractivity (Wildman–Crippen MR) is 95.3 cm³/mol. The van der Waals surface area contributed by atoms with E-state index >= 15 is 0 Å². The topological polar surface area (TPSA) is 12.0 Å². The Labute approximate surface area is 134 Å². The Morgan fingerprint density at radius 1 is 0.857 bits per heavy atom. The lowest BCUT2D eigenvalue weighted by Crippen LogP contribution is -2.16. The summed E-state index contributed by atoms with van der Waals surface area (Å²) in [5.41, 5.74) is 2.50. The molecule has 0 aliphatic rings. The van der Waals surface area contributed by atoms with Gasteiger partial charge in [-0.3, -0.25) is 0 Å². The van der Waals surface area contributed by atoms with Crippen molar-refractivity contribution >= 4 is 28.4 Å². The molecule has 1 aromatic carbocycles. The molecule has 0 aliphatic carbocycles. The summed E-state index contributed by atoms with van der Waals surface area (Å²) < 4.78 is 0. The van der Waals surface area contributed by atoms with Gasteiger partial charge in [-0.2, -0.15) is 0 Å². The molecule has 3 aromatic rings. The second-order valence-electron chi connectivity index (χ2n) is 5.40. The van der Waals surface area contributed by atoms with Gasteiger partial charge in [0.1, 0.15) is 0 Å². The maximum absolute atomic E-state index is 3.75. The number of rotatable bonds is 5. The summed E-state index contributed by atoms with van der Waals surface area (Å²) in [5.74, 6) is 0.542. The first-order valence-electron chi connectivity index (χ1n) is 7.18. The minimum Gasteiger partial charge on any atom is -0.377 e. The van der Waals surface area contributed by atoms with Crippen LogP contribution in [0.1, 0.15) is 24.8 Å². The van der Waals surface area contributed by atoms with Crippen LogP contribution in [0.15, 0.2) is 59.3 Å². The molecule has 0 bridgehead atoms. The Balaban J connectivity index is 1.94. The summed E-state index contributed by atoms with van der Waals surface area (Å²) in [4.78, 5) is 2.71. The Morgan fingerprint density at radius 3 is 2.29 bits per heavy atom. The minimum absolute atomic E-state index is 0.353. The quantitative estimate of drug-likeness (QED) is 0.584. The van der Waals surface area contributed by atoms with Gasteiger partial charge in [0, 0.05) is 21.0 Å². The fourth-order valence-electron chi connectivity index (χ4n) is 2.46. The molecule has 108 valence electrons. The summed E-state index contributed by atoms with van der Waals surface area (Å²) in [6, 6.07) is 17.6. The smallest absolute Gasteiger partial charge is 0.0629 e. The highest BCUT2D eigenvalue weighted by molar-refractivity contribution is 7.13. The minimum atomic E-state index is 0.353. The zero-order valence-corrected chi connectivity index (χ0v) is 13.9. The number of hydrogen-bond donors (Lipinski definition) is 1. The molecule has 0 saturated carbocycles. The van der Waals surface area contributed by atoms with Crippen LogP contribution >= 0.6 is 22.7 Å². The van der Waals surface area contributed by atoms with Gasteiger partial charge in [-0.1, -0.05) is 44.2 Å². The van der Waals surface area contributed by atoms with Crippen molar-refractivity contribution in [1.82, 2.24) is 0 Å². The number of nitrogens with one attached hydrogen (secondary N) is 1. The average Bonchev–Trinajstić information content (AvgIpc) is 3.18. The van der Waals surface area contributed by atoms with Crippen LogP contribution in [0.25, 0.3) is 10.4 Å². The number of para-hydroxylation sites is 1. The van der Waals surface area contributed by atoms with E-state index in [0.717, 1.165) is 0 Å². The van der Waals surface area contributed by atoms with E-state index in [1.807, 2.05) is 11.3 Å². The standard InChI is InChI=1S/C18H19NS2/c1-13(2)18(17-10-6-12-21-17)19-15-8-4-3-7-14(15)16-9-5-11-20-16/h3-13,18-19H,1-2H3. The third-order valence-electron chi connectivity index (χ3n) is 3.54. The van der Waals surface area contributed by atoms with E-state index < -0.39 is 0 Å².